The van der Waals surface area contributed by atoms with Gasteiger partial charge in [0.1, 0.15) is 11.5 Å². The van der Waals surface area contributed by atoms with E-state index in [-0.39, 0.29) is 0 Å². The monoisotopic (exact) mass is 319 g/mol. The van der Waals surface area contributed by atoms with Gasteiger partial charge in [-0.15, -0.1) is 0 Å². The molecule has 2 nitrogen and oxygen atoms in total. The van der Waals surface area contributed by atoms with E-state index in [1.807, 2.05) is 12.1 Å². The van der Waals surface area contributed by atoms with Crippen LogP contribution >= 0.6 is 15.9 Å². The van der Waals surface area contributed by atoms with Gasteiger partial charge in [0.25, 0.3) is 0 Å². The van der Waals surface area contributed by atoms with Crippen LogP contribution in [0.1, 0.15) is 16.7 Å². The van der Waals surface area contributed by atoms with Gasteiger partial charge in [-0.1, -0.05) is 23.8 Å². The van der Waals surface area contributed by atoms with Crippen LogP contribution in [0.15, 0.2) is 40.9 Å². The number of aryl methyl sites for hydroxylation is 2. The zero-order chi connectivity index (χ0) is 13.8. The van der Waals surface area contributed by atoms with Crippen LogP contribution in [-0.2, 0) is 6.42 Å². The van der Waals surface area contributed by atoms with E-state index < -0.39 is 0 Å². The minimum Gasteiger partial charge on any atom is -0.456 e. The first-order chi connectivity index (χ1) is 9.10. The average molecular weight is 320 g/mol. The minimum absolute atomic E-state index is 0.656. The highest BCUT2D eigenvalue weighted by Gasteiger charge is 2.06. The van der Waals surface area contributed by atoms with E-state index in [9.17, 15) is 0 Å². The van der Waals surface area contributed by atoms with Gasteiger partial charge < -0.3 is 10.5 Å². The minimum atomic E-state index is 0.656. The zero-order valence-corrected chi connectivity index (χ0v) is 12.8. The Kier molecular flexibility index (Phi) is 4.61. The van der Waals surface area contributed by atoms with Gasteiger partial charge in [0.2, 0.25) is 0 Å². The topological polar surface area (TPSA) is 35.2 Å². The fourth-order valence-corrected chi connectivity index (χ4v) is 2.49. The molecule has 0 aliphatic rings. The first-order valence-electron chi connectivity index (χ1n) is 6.34. The van der Waals surface area contributed by atoms with Crippen LogP contribution in [0, 0.1) is 13.8 Å². The van der Waals surface area contributed by atoms with Crippen LogP contribution in [0.3, 0.4) is 0 Å². The first kappa shape index (κ1) is 14.1. The van der Waals surface area contributed by atoms with Crippen LogP contribution in [-0.4, -0.2) is 6.54 Å². The van der Waals surface area contributed by atoms with E-state index in [2.05, 4.69) is 54.0 Å². The van der Waals surface area contributed by atoms with Crippen LogP contribution in [0.2, 0.25) is 0 Å². The molecule has 0 amide bonds. The van der Waals surface area contributed by atoms with Gasteiger partial charge in [0.05, 0.1) is 4.47 Å². The van der Waals surface area contributed by atoms with Crippen molar-refractivity contribution in [3.63, 3.8) is 0 Å². The summed E-state index contributed by atoms with van der Waals surface area (Å²) in [5, 5.41) is 0. The fourth-order valence-electron chi connectivity index (χ4n) is 1.98. The van der Waals surface area contributed by atoms with E-state index in [1.54, 1.807) is 0 Å². The number of ether oxygens (including phenoxy) is 1. The van der Waals surface area contributed by atoms with Crippen molar-refractivity contribution in [1.29, 1.82) is 0 Å². The molecule has 0 atom stereocenters. The lowest BCUT2D eigenvalue weighted by Gasteiger charge is -2.11. The number of hydrogen-bond acceptors (Lipinski definition) is 2. The molecular formula is C16H18BrNO. The molecule has 0 aromatic heterocycles. The predicted molar refractivity (Wildman–Crippen MR) is 82.9 cm³/mol. The van der Waals surface area contributed by atoms with E-state index in [0.717, 1.165) is 28.0 Å². The van der Waals surface area contributed by atoms with Gasteiger partial charge in [0.15, 0.2) is 0 Å². The normalized spacial score (nSPS) is 10.5. The van der Waals surface area contributed by atoms with Gasteiger partial charge in [0, 0.05) is 0 Å². The Labute approximate surface area is 122 Å². The lowest BCUT2D eigenvalue weighted by Crippen LogP contribution is -2.02. The van der Waals surface area contributed by atoms with Crippen LogP contribution in [0.25, 0.3) is 0 Å². The molecule has 3 heteroatoms. The molecule has 0 aliphatic carbocycles. The lowest BCUT2D eigenvalue weighted by atomic mass is 10.1. The Morgan fingerprint density at radius 1 is 1.05 bits per heavy atom. The molecule has 2 aromatic carbocycles. The molecule has 0 radical (unpaired) electrons. The van der Waals surface area contributed by atoms with Crippen LogP contribution < -0.4 is 10.5 Å². The van der Waals surface area contributed by atoms with Crippen LogP contribution in [0.4, 0.5) is 0 Å². The van der Waals surface area contributed by atoms with Gasteiger partial charge in [-0.25, -0.2) is 0 Å². The van der Waals surface area contributed by atoms with Gasteiger partial charge >= 0.3 is 0 Å². The van der Waals surface area contributed by atoms with Gasteiger partial charge in [-0.3, -0.25) is 0 Å². The molecule has 0 fully saturated rings. The summed E-state index contributed by atoms with van der Waals surface area (Å²) in [5.74, 6) is 1.71. The summed E-state index contributed by atoms with van der Waals surface area (Å²) in [6.07, 6.45) is 0.877. The molecule has 2 rings (SSSR count). The van der Waals surface area contributed by atoms with Crippen molar-refractivity contribution in [3.05, 3.63) is 57.6 Å². The molecule has 0 spiro atoms. The summed E-state index contributed by atoms with van der Waals surface area (Å²) >= 11 is 3.55. The highest BCUT2D eigenvalue weighted by atomic mass is 79.9. The van der Waals surface area contributed by atoms with E-state index in [1.165, 1.54) is 11.1 Å². The predicted octanol–water partition coefficient (Wildman–Crippen LogP) is 4.36. The van der Waals surface area contributed by atoms with Crippen molar-refractivity contribution in [1.82, 2.24) is 0 Å². The molecule has 0 bridgehead atoms. The second kappa shape index (κ2) is 6.22. The molecular weight excluding hydrogens is 302 g/mol. The third kappa shape index (κ3) is 3.58. The third-order valence-electron chi connectivity index (χ3n) is 2.98. The molecule has 0 heterocycles. The second-order valence-corrected chi connectivity index (χ2v) is 5.53. The Balaban J connectivity index is 2.23. The first-order valence-corrected chi connectivity index (χ1v) is 7.13. The molecule has 2 N–H and O–H groups in total. The maximum atomic E-state index is 5.95. The summed E-state index contributed by atoms with van der Waals surface area (Å²) < 4.78 is 6.91. The second-order valence-electron chi connectivity index (χ2n) is 4.67. The molecule has 0 unspecified atom stereocenters. The van der Waals surface area contributed by atoms with Crippen molar-refractivity contribution >= 4 is 15.9 Å². The summed E-state index contributed by atoms with van der Waals surface area (Å²) in [6, 6.07) is 12.3. The van der Waals surface area contributed by atoms with Crippen molar-refractivity contribution in [2.75, 3.05) is 6.54 Å². The standard InChI is InChI=1S/C16H18BrNO/c1-11-3-5-15(12(2)9-11)19-16-6-4-13(7-8-18)10-14(16)17/h3-6,9-10H,7-8,18H2,1-2H3. The summed E-state index contributed by atoms with van der Waals surface area (Å²) in [4.78, 5) is 0. The highest BCUT2D eigenvalue weighted by molar-refractivity contribution is 9.10. The molecule has 0 saturated carbocycles. The SMILES string of the molecule is Cc1ccc(Oc2ccc(CCN)cc2Br)c(C)c1. The van der Waals surface area contributed by atoms with E-state index in [0.29, 0.717) is 6.54 Å². The Hall–Kier alpha value is -1.32. The summed E-state index contributed by atoms with van der Waals surface area (Å²) in [7, 11) is 0. The molecule has 100 valence electrons. The molecule has 2 aromatic rings. The van der Waals surface area contributed by atoms with Gasteiger partial charge in [-0.05, 0) is 72.1 Å². The number of benzene rings is 2. The largest absolute Gasteiger partial charge is 0.456 e. The fraction of sp³-hybridized carbons (Fsp3) is 0.250. The highest BCUT2D eigenvalue weighted by Crippen LogP contribution is 2.32. The maximum Gasteiger partial charge on any atom is 0.141 e. The Morgan fingerprint density at radius 3 is 2.42 bits per heavy atom. The van der Waals surface area contributed by atoms with Gasteiger partial charge in [-0.2, -0.15) is 0 Å². The van der Waals surface area contributed by atoms with E-state index >= 15 is 0 Å². The Bertz CT molecular complexity index is 581. The third-order valence-corrected chi connectivity index (χ3v) is 3.60. The smallest absolute Gasteiger partial charge is 0.141 e. The van der Waals surface area contributed by atoms with Crippen molar-refractivity contribution in [2.24, 2.45) is 5.73 Å². The summed E-state index contributed by atoms with van der Waals surface area (Å²) in [6.45, 7) is 4.79. The average Bonchev–Trinajstić information content (AvgIpc) is 2.36. The lowest BCUT2D eigenvalue weighted by molar-refractivity contribution is 0.475. The summed E-state index contributed by atoms with van der Waals surface area (Å²) in [5.41, 5.74) is 9.15. The van der Waals surface area contributed by atoms with Crippen LogP contribution in [0.5, 0.6) is 11.5 Å². The zero-order valence-electron chi connectivity index (χ0n) is 11.2. The number of rotatable bonds is 4. The quantitative estimate of drug-likeness (QED) is 0.908. The molecule has 19 heavy (non-hydrogen) atoms. The number of hydrogen-bond donors (Lipinski definition) is 1. The van der Waals surface area contributed by atoms with Crippen molar-refractivity contribution in [2.45, 2.75) is 20.3 Å². The van der Waals surface area contributed by atoms with Crippen molar-refractivity contribution in [3.8, 4) is 11.5 Å². The number of nitrogens with two attached hydrogens (primary N) is 1. The van der Waals surface area contributed by atoms with E-state index in [4.69, 9.17) is 10.5 Å². The Morgan fingerprint density at radius 2 is 1.79 bits per heavy atom. The molecule has 0 saturated heterocycles. The maximum absolute atomic E-state index is 5.95. The van der Waals surface area contributed by atoms with Crippen molar-refractivity contribution < 1.29 is 4.74 Å². The molecule has 0 aliphatic heterocycles. The number of halogens is 1.